The number of nitrogens with zero attached hydrogens (tertiary/aromatic N) is 2. The van der Waals surface area contributed by atoms with Crippen molar-refractivity contribution in [1.82, 2.24) is 4.31 Å². The fraction of sp³-hybridized carbons (Fsp3) is 0.458. The first-order valence-corrected chi connectivity index (χ1v) is 14.7. The summed E-state index contributed by atoms with van der Waals surface area (Å²) in [7, 11) is -6.31. The van der Waals surface area contributed by atoms with Crippen LogP contribution in [0.3, 0.4) is 0 Å². The fourth-order valence-electron chi connectivity index (χ4n) is 3.74. The molecular weight excluding hydrogens is 506 g/mol. The molecule has 3 rings (SSSR count). The predicted octanol–water partition coefficient (Wildman–Crippen LogP) is 2.42. The van der Waals surface area contributed by atoms with Gasteiger partial charge in [0.05, 0.1) is 32.3 Å². The number of amides is 1. The van der Waals surface area contributed by atoms with E-state index in [1.54, 1.807) is 12.1 Å². The largest absolute Gasteiger partial charge is 0.495 e. The molecule has 1 amide bonds. The van der Waals surface area contributed by atoms with E-state index >= 15 is 0 Å². The van der Waals surface area contributed by atoms with Gasteiger partial charge in [-0.15, -0.1) is 0 Å². The van der Waals surface area contributed by atoms with E-state index in [0.29, 0.717) is 5.69 Å². The normalized spacial score (nSPS) is 15.4. The van der Waals surface area contributed by atoms with Gasteiger partial charge in [-0.2, -0.15) is 4.31 Å². The van der Waals surface area contributed by atoms with Gasteiger partial charge in [-0.1, -0.05) is 32.9 Å². The molecule has 1 N–H and O–H groups in total. The van der Waals surface area contributed by atoms with Crippen LogP contribution in [0.4, 0.5) is 11.4 Å². The van der Waals surface area contributed by atoms with Gasteiger partial charge in [-0.05, 0) is 41.3 Å². The van der Waals surface area contributed by atoms with Crippen molar-refractivity contribution in [2.45, 2.75) is 31.1 Å². The minimum absolute atomic E-state index is 0.0950. The molecule has 0 saturated carbocycles. The Morgan fingerprint density at radius 1 is 1.06 bits per heavy atom. The van der Waals surface area contributed by atoms with Crippen LogP contribution in [0.1, 0.15) is 26.3 Å². The third-order valence-electron chi connectivity index (χ3n) is 5.74. The molecule has 0 spiro atoms. The third-order valence-corrected chi connectivity index (χ3v) is 8.80. The number of hydrogen-bond acceptors (Lipinski definition) is 7. The van der Waals surface area contributed by atoms with Crippen LogP contribution >= 0.6 is 0 Å². The highest BCUT2D eigenvalue weighted by Crippen LogP contribution is 2.30. The molecule has 1 heterocycles. The first kappa shape index (κ1) is 27.9. The lowest BCUT2D eigenvalue weighted by atomic mass is 9.87. The van der Waals surface area contributed by atoms with Crippen molar-refractivity contribution in [3.63, 3.8) is 0 Å². The Morgan fingerprint density at radius 2 is 1.67 bits per heavy atom. The molecular formula is C24H33N3O7S2. The molecule has 2 aromatic carbocycles. The summed E-state index contributed by atoms with van der Waals surface area (Å²) < 4.78 is 64.1. The maximum Gasteiger partial charge on any atom is 0.246 e. The molecule has 0 radical (unpaired) electrons. The Bertz CT molecular complexity index is 1300. The summed E-state index contributed by atoms with van der Waals surface area (Å²) in [6.07, 6.45) is 1.03. The highest BCUT2D eigenvalue weighted by molar-refractivity contribution is 7.92. The van der Waals surface area contributed by atoms with Gasteiger partial charge in [0.2, 0.25) is 26.0 Å². The lowest BCUT2D eigenvalue weighted by molar-refractivity contribution is -0.114. The van der Waals surface area contributed by atoms with Crippen molar-refractivity contribution in [2.24, 2.45) is 0 Å². The minimum atomic E-state index is -3.90. The quantitative estimate of drug-likeness (QED) is 0.547. The summed E-state index contributed by atoms with van der Waals surface area (Å²) in [5, 5.41) is 2.61. The Morgan fingerprint density at radius 3 is 2.19 bits per heavy atom. The van der Waals surface area contributed by atoms with Gasteiger partial charge in [-0.3, -0.25) is 9.10 Å². The molecule has 0 unspecified atom stereocenters. The highest BCUT2D eigenvalue weighted by atomic mass is 32.2. The zero-order chi connectivity index (χ0) is 26.7. The average Bonchev–Trinajstić information content (AvgIpc) is 2.82. The summed E-state index contributed by atoms with van der Waals surface area (Å²) in [6.45, 7) is 6.65. The third kappa shape index (κ3) is 6.55. The van der Waals surface area contributed by atoms with E-state index in [9.17, 15) is 21.6 Å². The van der Waals surface area contributed by atoms with Crippen LogP contribution in [0.2, 0.25) is 0 Å². The van der Waals surface area contributed by atoms with Crippen LogP contribution in [0.25, 0.3) is 0 Å². The highest BCUT2D eigenvalue weighted by Gasteiger charge is 2.30. The average molecular weight is 540 g/mol. The number of sulfonamides is 2. The first-order valence-electron chi connectivity index (χ1n) is 11.4. The number of carbonyl (C=O) groups excluding carboxylic acids is 1. The Balaban J connectivity index is 1.84. The second-order valence-corrected chi connectivity index (χ2v) is 13.3. The second kappa shape index (κ2) is 10.8. The van der Waals surface area contributed by atoms with Gasteiger partial charge < -0.3 is 14.8 Å². The number of methoxy groups -OCH3 is 1. The second-order valence-electron chi connectivity index (χ2n) is 9.50. The Kier molecular flexibility index (Phi) is 8.33. The molecule has 0 aliphatic carbocycles. The van der Waals surface area contributed by atoms with E-state index in [2.05, 4.69) is 5.32 Å². The lowest BCUT2D eigenvalue weighted by Crippen LogP contribution is -2.40. The smallest absolute Gasteiger partial charge is 0.246 e. The summed E-state index contributed by atoms with van der Waals surface area (Å²) in [5.74, 6) is -0.489. The molecule has 1 saturated heterocycles. The zero-order valence-corrected chi connectivity index (χ0v) is 22.8. The zero-order valence-electron chi connectivity index (χ0n) is 21.1. The van der Waals surface area contributed by atoms with Gasteiger partial charge in [-0.25, -0.2) is 16.8 Å². The van der Waals surface area contributed by atoms with E-state index in [1.165, 1.54) is 29.6 Å². The van der Waals surface area contributed by atoms with Gasteiger partial charge >= 0.3 is 0 Å². The monoisotopic (exact) mass is 539 g/mol. The molecule has 2 aromatic rings. The molecule has 1 aliphatic heterocycles. The fourth-order valence-corrected chi connectivity index (χ4v) is 6.19. The van der Waals surface area contributed by atoms with E-state index in [-0.39, 0.29) is 48.1 Å². The van der Waals surface area contributed by atoms with E-state index in [1.807, 2.05) is 32.9 Å². The number of nitrogens with one attached hydrogen (secondary N) is 1. The molecule has 10 nitrogen and oxygen atoms in total. The molecule has 0 aromatic heterocycles. The predicted molar refractivity (Wildman–Crippen MR) is 139 cm³/mol. The number of benzene rings is 2. The number of ether oxygens (including phenoxy) is 2. The van der Waals surface area contributed by atoms with Crippen LogP contribution in [0, 0.1) is 0 Å². The summed E-state index contributed by atoms with van der Waals surface area (Å²) in [5.41, 5.74) is 1.46. The number of anilines is 2. The van der Waals surface area contributed by atoms with E-state index < -0.39 is 32.5 Å². The van der Waals surface area contributed by atoms with Gasteiger partial charge in [0.1, 0.15) is 17.2 Å². The Hall–Kier alpha value is -2.67. The van der Waals surface area contributed by atoms with E-state index in [4.69, 9.17) is 9.47 Å². The van der Waals surface area contributed by atoms with Crippen molar-refractivity contribution < 1.29 is 31.1 Å². The molecule has 1 aliphatic rings. The van der Waals surface area contributed by atoms with Crippen LogP contribution in [-0.4, -0.2) is 73.3 Å². The number of rotatable bonds is 8. The van der Waals surface area contributed by atoms with Crippen LogP contribution in [-0.2, 0) is 35.0 Å². The summed E-state index contributed by atoms with van der Waals surface area (Å²) in [4.78, 5) is 12.8. The van der Waals surface area contributed by atoms with Crippen molar-refractivity contribution in [3.8, 4) is 5.75 Å². The van der Waals surface area contributed by atoms with Crippen LogP contribution in [0.5, 0.6) is 5.75 Å². The van der Waals surface area contributed by atoms with E-state index in [0.717, 1.165) is 16.1 Å². The number of carbonyl (C=O) groups is 1. The first-order chi connectivity index (χ1) is 16.7. The maximum absolute atomic E-state index is 13.2. The number of morpholine rings is 1. The molecule has 198 valence electrons. The maximum atomic E-state index is 13.2. The van der Waals surface area contributed by atoms with Gasteiger partial charge in [0.15, 0.2) is 0 Å². The topological polar surface area (TPSA) is 122 Å². The standard InChI is InChI=1S/C24H33N3O7S2/c1-24(2,3)18-6-9-20(10-7-18)27(35(5,29)30)17-23(28)25-19-8-11-21(33-4)22(16-19)36(31,32)26-12-14-34-15-13-26/h6-11,16H,12-15,17H2,1-5H3,(H,25,28). The van der Waals surface area contributed by atoms with Crippen molar-refractivity contribution in [2.75, 3.05) is 55.8 Å². The lowest BCUT2D eigenvalue weighted by Gasteiger charge is -2.27. The van der Waals surface area contributed by atoms with Crippen LogP contribution < -0.4 is 14.4 Å². The van der Waals surface area contributed by atoms with Crippen molar-refractivity contribution in [1.29, 1.82) is 0 Å². The van der Waals surface area contributed by atoms with Crippen molar-refractivity contribution in [3.05, 3.63) is 48.0 Å². The summed E-state index contributed by atoms with van der Waals surface area (Å²) >= 11 is 0. The molecule has 12 heteroatoms. The Labute approximate surface area is 213 Å². The molecule has 1 fully saturated rings. The minimum Gasteiger partial charge on any atom is -0.495 e. The summed E-state index contributed by atoms with van der Waals surface area (Å²) in [6, 6.07) is 11.2. The molecule has 36 heavy (non-hydrogen) atoms. The molecule has 0 bridgehead atoms. The SMILES string of the molecule is COc1ccc(NC(=O)CN(c2ccc(C(C)(C)C)cc2)S(C)(=O)=O)cc1S(=O)(=O)N1CCOCC1. The van der Waals surface area contributed by atoms with Gasteiger partial charge in [0.25, 0.3) is 0 Å². The number of hydrogen-bond donors (Lipinski definition) is 1. The molecule has 0 atom stereocenters. The van der Waals surface area contributed by atoms with Gasteiger partial charge in [0, 0.05) is 18.8 Å². The van der Waals surface area contributed by atoms with Crippen LogP contribution in [0.15, 0.2) is 47.4 Å². The van der Waals surface area contributed by atoms with Crippen molar-refractivity contribution >= 4 is 37.3 Å².